The van der Waals surface area contributed by atoms with E-state index in [9.17, 15) is 4.79 Å². The van der Waals surface area contributed by atoms with Gasteiger partial charge in [-0.05, 0) is 47.0 Å². The Morgan fingerprint density at radius 1 is 0.826 bits per heavy atom. The standard InChI is InChI=1S/C20H16O3/c21-20(22)17-9-11-19(12-10-17)23-14-15-5-4-8-18(13-15)16-6-2-1-3-7-16/h1-13H,14H2,(H,21,22). The Hall–Kier alpha value is -3.07. The van der Waals surface area contributed by atoms with Crippen LogP contribution in [0, 0.1) is 0 Å². The summed E-state index contributed by atoms with van der Waals surface area (Å²) in [6.07, 6.45) is 0. The Kier molecular flexibility index (Phi) is 4.39. The summed E-state index contributed by atoms with van der Waals surface area (Å²) >= 11 is 0. The molecule has 3 heteroatoms. The van der Waals surface area contributed by atoms with Crippen LogP contribution in [0.4, 0.5) is 0 Å². The maximum absolute atomic E-state index is 10.8. The molecule has 0 unspecified atom stereocenters. The van der Waals surface area contributed by atoms with E-state index in [1.165, 1.54) is 17.7 Å². The van der Waals surface area contributed by atoms with Crippen molar-refractivity contribution in [3.63, 3.8) is 0 Å². The van der Waals surface area contributed by atoms with Crippen molar-refractivity contribution >= 4 is 5.97 Å². The predicted molar refractivity (Wildman–Crippen MR) is 89.6 cm³/mol. The van der Waals surface area contributed by atoms with Crippen molar-refractivity contribution in [2.45, 2.75) is 6.61 Å². The van der Waals surface area contributed by atoms with Gasteiger partial charge in [0.2, 0.25) is 0 Å². The molecule has 0 fully saturated rings. The summed E-state index contributed by atoms with van der Waals surface area (Å²) in [6.45, 7) is 0.438. The van der Waals surface area contributed by atoms with Crippen LogP contribution in [0.1, 0.15) is 15.9 Å². The first-order valence-corrected chi connectivity index (χ1v) is 7.33. The highest BCUT2D eigenvalue weighted by Gasteiger charge is 2.03. The van der Waals surface area contributed by atoms with Crippen molar-refractivity contribution in [1.82, 2.24) is 0 Å². The smallest absolute Gasteiger partial charge is 0.335 e. The first kappa shape index (κ1) is 14.9. The Bertz CT molecular complexity index is 793. The van der Waals surface area contributed by atoms with E-state index in [4.69, 9.17) is 9.84 Å². The molecule has 3 aromatic carbocycles. The minimum absolute atomic E-state index is 0.253. The number of benzene rings is 3. The molecule has 0 amide bonds. The summed E-state index contributed by atoms with van der Waals surface area (Å²) < 4.78 is 5.72. The molecule has 0 aliphatic heterocycles. The Morgan fingerprint density at radius 2 is 1.52 bits per heavy atom. The quantitative estimate of drug-likeness (QED) is 0.747. The van der Waals surface area contributed by atoms with Crippen LogP contribution in [0.25, 0.3) is 11.1 Å². The predicted octanol–water partition coefficient (Wildman–Crippen LogP) is 4.63. The molecular formula is C20H16O3. The molecule has 0 aliphatic rings. The summed E-state index contributed by atoms with van der Waals surface area (Å²) in [4.78, 5) is 10.8. The van der Waals surface area contributed by atoms with E-state index in [-0.39, 0.29) is 5.56 Å². The summed E-state index contributed by atoms with van der Waals surface area (Å²) in [6, 6.07) is 24.8. The molecule has 0 atom stereocenters. The lowest BCUT2D eigenvalue weighted by Gasteiger charge is -2.08. The fourth-order valence-electron chi connectivity index (χ4n) is 2.33. The maximum atomic E-state index is 10.8. The van der Waals surface area contributed by atoms with E-state index in [1.54, 1.807) is 12.1 Å². The van der Waals surface area contributed by atoms with E-state index in [0.717, 1.165) is 11.1 Å². The third-order valence-electron chi connectivity index (χ3n) is 3.54. The van der Waals surface area contributed by atoms with Crippen LogP contribution < -0.4 is 4.74 Å². The summed E-state index contributed by atoms with van der Waals surface area (Å²) in [5, 5.41) is 8.88. The summed E-state index contributed by atoms with van der Waals surface area (Å²) in [5.41, 5.74) is 3.63. The summed E-state index contributed by atoms with van der Waals surface area (Å²) in [5.74, 6) is -0.285. The molecule has 0 heterocycles. The molecular weight excluding hydrogens is 288 g/mol. The second-order valence-electron chi connectivity index (χ2n) is 5.18. The lowest BCUT2D eigenvalue weighted by molar-refractivity contribution is 0.0697. The first-order valence-electron chi connectivity index (χ1n) is 7.33. The van der Waals surface area contributed by atoms with Gasteiger partial charge in [-0.15, -0.1) is 0 Å². The van der Waals surface area contributed by atoms with Crippen LogP contribution in [-0.4, -0.2) is 11.1 Å². The molecule has 0 aliphatic carbocycles. The molecule has 1 N–H and O–H groups in total. The molecule has 0 aromatic heterocycles. The molecule has 0 radical (unpaired) electrons. The minimum atomic E-state index is -0.938. The molecule has 3 aromatic rings. The Labute approximate surface area is 134 Å². The number of hydrogen-bond acceptors (Lipinski definition) is 2. The van der Waals surface area contributed by atoms with E-state index >= 15 is 0 Å². The van der Waals surface area contributed by atoms with Crippen molar-refractivity contribution in [1.29, 1.82) is 0 Å². The average molecular weight is 304 g/mol. The fourth-order valence-corrected chi connectivity index (χ4v) is 2.33. The summed E-state index contributed by atoms with van der Waals surface area (Å²) in [7, 11) is 0. The van der Waals surface area contributed by atoms with Gasteiger partial charge in [-0.3, -0.25) is 0 Å². The van der Waals surface area contributed by atoms with E-state index in [1.807, 2.05) is 30.3 Å². The monoisotopic (exact) mass is 304 g/mol. The molecule has 0 saturated heterocycles. The van der Waals surface area contributed by atoms with Crippen LogP contribution in [-0.2, 0) is 6.61 Å². The van der Waals surface area contributed by atoms with Gasteiger partial charge in [0, 0.05) is 0 Å². The van der Waals surface area contributed by atoms with Gasteiger partial charge in [0.05, 0.1) is 5.56 Å². The minimum Gasteiger partial charge on any atom is -0.489 e. The van der Waals surface area contributed by atoms with Crippen LogP contribution in [0.15, 0.2) is 78.9 Å². The number of aromatic carboxylic acids is 1. The second kappa shape index (κ2) is 6.79. The lowest BCUT2D eigenvalue weighted by atomic mass is 10.0. The lowest BCUT2D eigenvalue weighted by Crippen LogP contribution is -1.98. The van der Waals surface area contributed by atoms with Crippen LogP contribution >= 0.6 is 0 Å². The Balaban J connectivity index is 1.70. The third kappa shape index (κ3) is 3.77. The zero-order valence-electron chi connectivity index (χ0n) is 12.5. The van der Waals surface area contributed by atoms with Crippen molar-refractivity contribution in [2.24, 2.45) is 0 Å². The van der Waals surface area contributed by atoms with Gasteiger partial charge in [0.15, 0.2) is 0 Å². The number of carboxylic acid groups (broad SMARTS) is 1. The molecule has 3 nitrogen and oxygen atoms in total. The van der Waals surface area contributed by atoms with E-state index < -0.39 is 5.97 Å². The van der Waals surface area contributed by atoms with Crippen molar-refractivity contribution in [2.75, 3.05) is 0 Å². The molecule has 3 rings (SSSR count). The fraction of sp³-hybridized carbons (Fsp3) is 0.0500. The Morgan fingerprint density at radius 3 is 2.22 bits per heavy atom. The maximum Gasteiger partial charge on any atom is 0.335 e. The van der Waals surface area contributed by atoms with Gasteiger partial charge < -0.3 is 9.84 Å². The topological polar surface area (TPSA) is 46.5 Å². The van der Waals surface area contributed by atoms with Gasteiger partial charge in [0.25, 0.3) is 0 Å². The molecule has 23 heavy (non-hydrogen) atoms. The normalized spacial score (nSPS) is 10.3. The number of carbonyl (C=O) groups is 1. The number of hydrogen-bond donors (Lipinski definition) is 1. The van der Waals surface area contributed by atoms with Gasteiger partial charge >= 0.3 is 5.97 Å². The molecule has 0 bridgehead atoms. The van der Waals surface area contributed by atoms with Crippen molar-refractivity contribution < 1.29 is 14.6 Å². The zero-order valence-corrected chi connectivity index (χ0v) is 12.5. The third-order valence-corrected chi connectivity index (χ3v) is 3.54. The zero-order chi connectivity index (χ0) is 16.1. The highest BCUT2D eigenvalue weighted by Crippen LogP contribution is 2.21. The first-order chi connectivity index (χ1) is 11.2. The molecule has 0 saturated carbocycles. The van der Waals surface area contributed by atoms with E-state index in [2.05, 4.69) is 24.3 Å². The van der Waals surface area contributed by atoms with Gasteiger partial charge in [-0.25, -0.2) is 4.79 Å². The van der Waals surface area contributed by atoms with E-state index in [0.29, 0.717) is 12.4 Å². The van der Waals surface area contributed by atoms with Gasteiger partial charge in [-0.2, -0.15) is 0 Å². The largest absolute Gasteiger partial charge is 0.489 e. The van der Waals surface area contributed by atoms with Crippen LogP contribution in [0.5, 0.6) is 5.75 Å². The van der Waals surface area contributed by atoms with Crippen molar-refractivity contribution in [3.8, 4) is 16.9 Å². The number of rotatable bonds is 5. The average Bonchev–Trinajstić information content (AvgIpc) is 2.61. The molecule has 0 spiro atoms. The number of ether oxygens (including phenoxy) is 1. The second-order valence-corrected chi connectivity index (χ2v) is 5.18. The SMILES string of the molecule is O=C(O)c1ccc(OCc2cccc(-c3ccccc3)c2)cc1. The highest BCUT2D eigenvalue weighted by atomic mass is 16.5. The highest BCUT2D eigenvalue weighted by molar-refractivity contribution is 5.87. The van der Waals surface area contributed by atoms with Crippen LogP contribution in [0.3, 0.4) is 0 Å². The van der Waals surface area contributed by atoms with Crippen LogP contribution in [0.2, 0.25) is 0 Å². The van der Waals surface area contributed by atoms with Crippen molar-refractivity contribution in [3.05, 3.63) is 90.0 Å². The van der Waals surface area contributed by atoms with Gasteiger partial charge in [0.1, 0.15) is 12.4 Å². The number of carboxylic acids is 1. The van der Waals surface area contributed by atoms with Gasteiger partial charge in [-0.1, -0.05) is 48.5 Å². The molecule has 114 valence electrons.